The van der Waals surface area contributed by atoms with Gasteiger partial charge >= 0.3 is 11.9 Å². The van der Waals surface area contributed by atoms with E-state index in [0.29, 0.717) is 19.8 Å². The number of rotatable bonds is 7. The molecular weight excluding hydrogens is 386 g/mol. The van der Waals surface area contributed by atoms with Gasteiger partial charge in [0.2, 0.25) is 0 Å². The first-order valence-corrected chi connectivity index (χ1v) is 9.47. The summed E-state index contributed by atoms with van der Waals surface area (Å²) in [6, 6.07) is 4.79. The lowest BCUT2D eigenvalue weighted by Gasteiger charge is -2.06. The summed E-state index contributed by atoms with van der Waals surface area (Å²) < 4.78 is 10.4. The van der Waals surface area contributed by atoms with E-state index >= 15 is 0 Å². The molecule has 2 aromatic rings. The second kappa shape index (κ2) is 8.98. The van der Waals surface area contributed by atoms with Crippen molar-refractivity contribution in [2.75, 3.05) is 18.5 Å². The lowest BCUT2D eigenvalue weighted by atomic mass is 10.2. The topological polar surface area (TPSA) is 81.7 Å². The van der Waals surface area contributed by atoms with Crippen molar-refractivity contribution in [2.45, 2.75) is 20.3 Å². The van der Waals surface area contributed by atoms with Gasteiger partial charge in [0.15, 0.2) is 6.61 Å². The Labute approximate surface area is 157 Å². The largest absolute Gasteiger partial charge is 0.462 e. The number of anilines is 1. The monoisotopic (exact) mass is 401 g/mol. The lowest BCUT2D eigenvalue weighted by Crippen LogP contribution is -2.21. The highest BCUT2D eigenvalue weighted by molar-refractivity contribution is 7.18. The van der Waals surface area contributed by atoms with Gasteiger partial charge < -0.3 is 14.8 Å². The van der Waals surface area contributed by atoms with Crippen molar-refractivity contribution >= 4 is 57.1 Å². The minimum Gasteiger partial charge on any atom is -0.462 e. The number of hydrogen-bond donors (Lipinski definition) is 1. The number of aryl methyl sites for hydroxylation is 1. The van der Waals surface area contributed by atoms with Gasteiger partial charge in [-0.15, -0.1) is 22.7 Å². The zero-order valence-corrected chi connectivity index (χ0v) is 16.0. The van der Waals surface area contributed by atoms with Crippen LogP contribution in [0.3, 0.4) is 0 Å². The molecule has 9 heteroatoms. The molecule has 1 amide bonds. The van der Waals surface area contributed by atoms with Crippen LogP contribution in [-0.2, 0) is 20.7 Å². The van der Waals surface area contributed by atoms with Crippen molar-refractivity contribution in [1.82, 2.24) is 0 Å². The van der Waals surface area contributed by atoms with E-state index in [0.717, 1.165) is 22.6 Å². The Kier molecular flexibility index (Phi) is 6.98. The predicted octanol–water partition coefficient (Wildman–Crippen LogP) is 4.00. The maximum Gasteiger partial charge on any atom is 0.348 e. The molecule has 6 nitrogen and oxygen atoms in total. The van der Waals surface area contributed by atoms with Gasteiger partial charge in [0, 0.05) is 4.88 Å². The zero-order valence-electron chi connectivity index (χ0n) is 13.6. The Morgan fingerprint density at radius 3 is 2.48 bits per heavy atom. The van der Waals surface area contributed by atoms with Crippen LogP contribution in [0.5, 0.6) is 0 Å². The average Bonchev–Trinajstić information content (AvgIpc) is 3.19. The second-order valence-corrected chi connectivity index (χ2v) is 7.61. The van der Waals surface area contributed by atoms with Gasteiger partial charge in [-0.05, 0) is 31.5 Å². The highest BCUT2D eigenvalue weighted by Crippen LogP contribution is 2.29. The molecule has 0 saturated heterocycles. The Morgan fingerprint density at radius 2 is 1.88 bits per heavy atom. The number of carbonyl (C=O) groups is 3. The van der Waals surface area contributed by atoms with Crippen molar-refractivity contribution in [1.29, 1.82) is 0 Å². The van der Waals surface area contributed by atoms with E-state index in [9.17, 15) is 14.4 Å². The SMILES string of the molecule is CCOC(=O)c1cc(CC)sc1NC(=O)COC(=O)c1ccc(Cl)s1. The van der Waals surface area contributed by atoms with Gasteiger partial charge in [-0.1, -0.05) is 18.5 Å². The van der Waals surface area contributed by atoms with Crippen molar-refractivity contribution in [2.24, 2.45) is 0 Å². The van der Waals surface area contributed by atoms with E-state index in [1.807, 2.05) is 6.92 Å². The second-order valence-electron chi connectivity index (χ2n) is 4.76. The zero-order chi connectivity index (χ0) is 18.4. The van der Waals surface area contributed by atoms with Crippen LogP contribution < -0.4 is 5.32 Å². The molecular formula is C16H16ClNO5S2. The van der Waals surface area contributed by atoms with Crippen molar-refractivity contribution in [3.05, 3.63) is 37.9 Å². The molecule has 0 saturated carbocycles. The molecule has 0 fully saturated rings. The first kappa shape index (κ1) is 19.4. The van der Waals surface area contributed by atoms with Crippen molar-refractivity contribution in [3.63, 3.8) is 0 Å². The van der Waals surface area contributed by atoms with Gasteiger partial charge in [0.25, 0.3) is 5.91 Å². The molecule has 0 aliphatic heterocycles. The van der Waals surface area contributed by atoms with Crippen molar-refractivity contribution < 1.29 is 23.9 Å². The fraction of sp³-hybridized carbons (Fsp3) is 0.312. The molecule has 0 aliphatic rings. The molecule has 2 rings (SSSR count). The smallest absolute Gasteiger partial charge is 0.348 e. The third-order valence-corrected chi connectivity index (χ3v) is 5.39. The summed E-state index contributed by atoms with van der Waals surface area (Å²) in [5.74, 6) is -1.66. The number of carbonyl (C=O) groups excluding carboxylic acids is 3. The lowest BCUT2D eigenvalue weighted by molar-refractivity contribution is -0.119. The van der Waals surface area contributed by atoms with E-state index in [4.69, 9.17) is 21.1 Å². The first-order valence-electron chi connectivity index (χ1n) is 7.46. The van der Waals surface area contributed by atoms with Crippen LogP contribution in [0.2, 0.25) is 4.34 Å². The fourth-order valence-corrected chi connectivity index (χ4v) is 3.80. The van der Waals surface area contributed by atoms with E-state index < -0.39 is 24.5 Å². The van der Waals surface area contributed by atoms with E-state index in [-0.39, 0.29) is 6.61 Å². The summed E-state index contributed by atoms with van der Waals surface area (Å²) in [5.41, 5.74) is 0.299. The van der Waals surface area contributed by atoms with Gasteiger partial charge in [-0.3, -0.25) is 4.79 Å². The summed E-state index contributed by atoms with van der Waals surface area (Å²) in [6.07, 6.45) is 0.723. The highest BCUT2D eigenvalue weighted by Gasteiger charge is 2.19. The van der Waals surface area contributed by atoms with Gasteiger partial charge in [-0.25, -0.2) is 9.59 Å². The molecule has 0 aromatic carbocycles. The van der Waals surface area contributed by atoms with Crippen LogP contribution >= 0.6 is 34.3 Å². The van der Waals surface area contributed by atoms with Crippen LogP contribution in [0, 0.1) is 0 Å². The molecule has 0 atom stereocenters. The normalized spacial score (nSPS) is 10.4. The number of esters is 2. The third kappa shape index (κ3) is 5.29. The van der Waals surface area contributed by atoms with Crippen LogP contribution in [0.4, 0.5) is 5.00 Å². The first-order chi connectivity index (χ1) is 11.9. The van der Waals surface area contributed by atoms with Crippen LogP contribution in [-0.4, -0.2) is 31.1 Å². The Bertz CT molecular complexity index is 783. The number of ether oxygens (including phenoxy) is 2. The summed E-state index contributed by atoms with van der Waals surface area (Å²) in [5, 5.41) is 2.98. The van der Waals surface area contributed by atoms with Gasteiger partial charge in [-0.2, -0.15) is 0 Å². The molecule has 2 aromatic heterocycles. The number of halogens is 1. The molecule has 0 aliphatic carbocycles. The molecule has 0 radical (unpaired) electrons. The summed E-state index contributed by atoms with van der Waals surface area (Å²) in [6.45, 7) is 3.43. The molecule has 1 N–H and O–H groups in total. The molecule has 0 unspecified atom stereocenters. The predicted molar refractivity (Wildman–Crippen MR) is 97.9 cm³/mol. The van der Waals surface area contributed by atoms with Crippen LogP contribution in [0.25, 0.3) is 0 Å². The fourth-order valence-electron chi connectivity index (χ4n) is 1.86. The maximum atomic E-state index is 12.0. The Morgan fingerprint density at radius 1 is 1.12 bits per heavy atom. The maximum absolute atomic E-state index is 12.0. The van der Waals surface area contributed by atoms with Crippen LogP contribution in [0.15, 0.2) is 18.2 Å². The molecule has 25 heavy (non-hydrogen) atoms. The highest BCUT2D eigenvalue weighted by atomic mass is 35.5. The summed E-state index contributed by atoms with van der Waals surface area (Å²) in [4.78, 5) is 37.0. The molecule has 0 spiro atoms. The van der Waals surface area contributed by atoms with E-state index in [1.165, 1.54) is 17.4 Å². The quantitative estimate of drug-likeness (QED) is 0.709. The number of thiophene rings is 2. The number of nitrogens with one attached hydrogen (secondary N) is 1. The average molecular weight is 402 g/mol. The summed E-state index contributed by atoms with van der Waals surface area (Å²) in [7, 11) is 0. The molecule has 2 heterocycles. The van der Waals surface area contributed by atoms with Crippen LogP contribution in [0.1, 0.15) is 38.8 Å². The summed E-state index contributed by atoms with van der Waals surface area (Å²) >= 11 is 8.11. The third-order valence-electron chi connectivity index (χ3n) is 2.99. The Hall–Kier alpha value is -1.90. The number of hydrogen-bond acceptors (Lipinski definition) is 7. The standard InChI is InChI=1S/C16H16ClNO5S2/c1-3-9-7-10(15(20)22-4-2)14(24-9)18-13(19)8-23-16(21)11-5-6-12(17)25-11/h5-7H,3-4,8H2,1-2H3,(H,18,19). The van der Waals surface area contributed by atoms with Gasteiger partial charge in [0.1, 0.15) is 9.88 Å². The minimum absolute atomic E-state index is 0.241. The molecule has 0 bridgehead atoms. The molecule has 134 valence electrons. The number of amides is 1. The minimum atomic E-state index is -0.627. The Balaban J connectivity index is 1.98. The van der Waals surface area contributed by atoms with Crippen molar-refractivity contribution in [3.8, 4) is 0 Å². The van der Waals surface area contributed by atoms with Gasteiger partial charge in [0.05, 0.1) is 16.5 Å². The van der Waals surface area contributed by atoms with E-state index in [2.05, 4.69) is 5.32 Å². The van der Waals surface area contributed by atoms with E-state index in [1.54, 1.807) is 19.1 Å².